The van der Waals surface area contributed by atoms with E-state index in [1.165, 1.54) is 0 Å². The highest BCUT2D eigenvalue weighted by molar-refractivity contribution is 9.10. The van der Waals surface area contributed by atoms with Crippen LogP contribution in [0.5, 0.6) is 0 Å². The lowest BCUT2D eigenvalue weighted by molar-refractivity contribution is 0.573. The molecule has 0 fully saturated rings. The Morgan fingerprint density at radius 2 is 2.14 bits per heavy atom. The monoisotopic (exact) mass is 252 g/mol. The number of aryl methyl sites for hydroxylation is 1. The summed E-state index contributed by atoms with van der Waals surface area (Å²) < 4.78 is 6.19. The number of hydrogen-bond acceptors (Lipinski definition) is 3. The SMILES string of the molecule is Cc1coc(-c2cc(N)cc(Br)c2)n1. The molecule has 2 aromatic rings. The molecule has 2 N–H and O–H groups in total. The smallest absolute Gasteiger partial charge is 0.226 e. The molecular formula is C10H9BrN2O. The van der Waals surface area contributed by atoms with Crippen LogP contribution >= 0.6 is 15.9 Å². The molecular weight excluding hydrogens is 244 g/mol. The molecule has 0 aliphatic rings. The Bertz CT molecular complexity index is 445. The van der Waals surface area contributed by atoms with E-state index in [9.17, 15) is 0 Å². The largest absolute Gasteiger partial charge is 0.444 e. The lowest BCUT2D eigenvalue weighted by Gasteiger charge is -1.99. The van der Waals surface area contributed by atoms with Gasteiger partial charge in [-0.2, -0.15) is 0 Å². The molecule has 14 heavy (non-hydrogen) atoms. The third-order valence-electron chi connectivity index (χ3n) is 1.79. The van der Waals surface area contributed by atoms with Gasteiger partial charge in [0.15, 0.2) is 0 Å². The van der Waals surface area contributed by atoms with Crippen LogP contribution in [0.2, 0.25) is 0 Å². The van der Waals surface area contributed by atoms with Crippen molar-refractivity contribution < 1.29 is 4.42 Å². The molecule has 0 saturated carbocycles. The molecule has 0 aliphatic heterocycles. The van der Waals surface area contributed by atoms with Gasteiger partial charge in [-0.3, -0.25) is 0 Å². The molecule has 2 rings (SSSR count). The Morgan fingerprint density at radius 3 is 2.71 bits per heavy atom. The van der Waals surface area contributed by atoms with Crippen molar-refractivity contribution in [3.63, 3.8) is 0 Å². The van der Waals surface area contributed by atoms with Crippen LogP contribution in [0.1, 0.15) is 5.69 Å². The zero-order valence-electron chi connectivity index (χ0n) is 7.62. The van der Waals surface area contributed by atoms with Crippen molar-refractivity contribution in [1.29, 1.82) is 0 Å². The minimum absolute atomic E-state index is 0.593. The number of aromatic nitrogens is 1. The van der Waals surface area contributed by atoms with Crippen LogP contribution in [-0.2, 0) is 0 Å². The molecule has 4 heteroatoms. The van der Waals surface area contributed by atoms with Gasteiger partial charge in [0.2, 0.25) is 5.89 Å². The van der Waals surface area contributed by atoms with E-state index in [2.05, 4.69) is 20.9 Å². The van der Waals surface area contributed by atoms with E-state index >= 15 is 0 Å². The second kappa shape index (κ2) is 3.46. The summed E-state index contributed by atoms with van der Waals surface area (Å²) in [6.45, 7) is 1.88. The summed E-state index contributed by atoms with van der Waals surface area (Å²) in [6, 6.07) is 5.58. The third kappa shape index (κ3) is 1.80. The highest BCUT2D eigenvalue weighted by Crippen LogP contribution is 2.25. The van der Waals surface area contributed by atoms with E-state index in [-0.39, 0.29) is 0 Å². The highest BCUT2D eigenvalue weighted by atomic mass is 79.9. The van der Waals surface area contributed by atoms with Crippen LogP contribution in [0.4, 0.5) is 5.69 Å². The zero-order valence-corrected chi connectivity index (χ0v) is 9.21. The Balaban J connectivity index is 2.51. The summed E-state index contributed by atoms with van der Waals surface area (Å²) in [5.74, 6) is 0.593. The molecule has 0 radical (unpaired) electrons. The fourth-order valence-corrected chi connectivity index (χ4v) is 1.73. The second-order valence-corrected chi connectivity index (χ2v) is 3.98. The van der Waals surface area contributed by atoms with Crippen LogP contribution in [0.3, 0.4) is 0 Å². The summed E-state index contributed by atoms with van der Waals surface area (Å²) in [4.78, 5) is 4.22. The number of hydrogen-bond donors (Lipinski definition) is 1. The quantitative estimate of drug-likeness (QED) is 0.795. The Labute approximate surface area is 90.1 Å². The Hall–Kier alpha value is -1.29. The lowest BCUT2D eigenvalue weighted by atomic mass is 10.2. The molecule has 3 nitrogen and oxygen atoms in total. The van der Waals surface area contributed by atoms with Gasteiger partial charge in [0.25, 0.3) is 0 Å². The van der Waals surface area contributed by atoms with Gasteiger partial charge in [-0.25, -0.2) is 4.98 Å². The van der Waals surface area contributed by atoms with Crippen molar-refractivity contribution in [3.05, 3.63) is 34.6 Å². The molecule has 0 saturated heterocycles. The molecule has 0 bridgehead atoms. The first kappa shape index (κ1) is 9.27. The van der Waals surface area contributed by atoms with Gasteiger partial charge in [-0.1, -0.05) is 15.9 Å². The van der Waals surface area contributed by atoms with E-state index in [1.807, 2.05) is 25.1 Å². The minimum Gasteiger partial charge on any atom is -0.444 e. The first-order valence-electron chi connectivity index (χ1n) is 4.14. The van der Waals surface area contributed by atoms with Crippen molar-refractivity contribution in [2.45, 2.75) is 6.92 Å². The fraction of sp³-hybridized carbons (Fsp3) is 0.100. The standard InChI is InChI=1S/C10H9BrN2O/c1-6-5-14-10(13-6)7-2-8(11)4-9(12)3-7/h2-5H,12H2,1H3. The van der Waals surface area contributed by atoms with Gasteiger partial charge in [0, 0.05) is 15.7 Å². The average molecular weight is 253 g/mol. The summed E-state index contributed by atoms with van der Waals surface area (Å²) >= 11 is 3.37. The van der Waals surface area contributed by atoms with Crippen molar-refractivity contribution >= 4 is 21.6 Å². The molecule has 1 heterocycles. The normalized spacial score (nSPS) is 10.4. The predicted molar refractivity (Wildman–Crippen MR) is 58.8 cm³/mol. The maximum absolute atomic E-state index is 5.70. The topological polar surface area (TPSA) is 52.0 Å². The van der Waals surface area contributed by atoms with Gasteiger partial charge >= 0.3 is 0 Å². The molecule has 72 valence electrons. The molecule has 1 aromatic carbocycles. The number of halogens is 1. The van der Waals surface area contributed by atoms with Gasteiger partial charge < -0.3 is 10.2 Å². The first-order valence-corrected chi connectivity index (χ1v) is 4.93. The number of nitrogen functional groups attached to an aromatic ring is 1. The van der Waals surface area contributed by atoms with Crippen LogP contribution in [0, 0.1) is 6.92 Å². The maximum atomic E-state index is 5.70. The molecule has 0 aliphatic carbocycles. The van der Waals surface area contributed by atoms with Gasteiger partial charge in [0.1, 0.15) is 6.26 Å². The molecule has 1 aromatic heterocycles. The van der Waals surface area contributed by atoms with Crippen LogP contribution in [0.25, 0.3) is 11.5 Å². The van der Waals surface area contributed by atoms with Crippen molar-refractivity contribution in [3.8, 4) is 11.5 Å². The van der Waals surface area contributed by atoms with E-state index in [1.54, 1.807) is 6.26 Å². The van der Waals surface area contributed by atoms with Crippen LogP contribution in [-0.4, -0.2) is 4.98 Å². The molecule has 0 unspecified atom stereocenters. The fourth-order valence-electron chi connectivity index (χ4n) is 1.22. The number of nitrogens with zero attached hydrogens (tertiary/aromatic N) is 1. The van der Waals surface area contributed by atoms with Gasteiger partial charge in [-0.05, 0) is 25.1 Å². The maximum Gasteiger partial charge on any atom is 0.226 e. The lowest BCUT2D eigenvalue weighted by Crippen LogP contribution is -1.86. The minimum atomic E-state index is 0.593. The number of rotatable bonds is 1. The summed E-state index contributed by atoms with van der Waals surface area (Å²) in [5, 5.41) is 0. The first-order chi connectivity index (χ1) is 6.65. The molecule has 0 atom stereocenters. The third-order valence-corrected chi connectivity index (χ3v) is 2.24. The van der Waals surface area contributed by atoms with E-state index < -0.39 is 0 Å². The van der Waals surface area contributed by atoms with Gasteiger partial charge in [-0.15, -0.1) is 0 Å². The van der Waals surface area contributed by atoms with Crippen molar-refractivity contribution in [1.82, 2.24) is 4.98 Å². The van der Waals surface area contributed by atoms with Gasteiger partial charge in [0.05, 0.1) is 5.69 Å². The molecule has 0 amide bonds. The average Bonchev–Trinajstić information content (AvgIpc) is 2.50. The summed E-state index contributed by atoms with van der Waals surface area (Å²) in [6.07, 6.45) is 1.62. The Morgan fingerprint density at radius 1 is 1.36 bits per heavy atom. The second-order valence-electron chi connectivity index (χ2n) is 3.07. The number of anilines is 1. The van der Waals surface area contributed by atoms with E-state index in [0.717, 1.165) is 15.7 Å². The van der Waals surface area contributed by atoms with Crippen LogP contribution in [0.15, 0.2) is 33.4 Å². The summed E-state index contributed by atoms with van der Waals surface area (Å²) in [7, 11) is 0. The summed E-state index contributed by atoms with van der Waals surface area (Å²) in [5.41, 5.74) is 8.13. The van der Waals surface area contributed by atoms with Crippen LogP contribution < -0.4 is 5.73 Å². The van der Waals surface area contributed by atoms with E-state index in [0.29, 0.717) is 11.6 Å². The molecule has 0 spiro atoms. The number of benzene rings is 1. The van der Waals surface area contributed by atoms with E-state index in [4.69, 9.17) is 10.2 Å². The number of nitrogens with two attached hydrogens (primary N) is 1. The highest BCUT2D eigenvalue weighted by Gasteiger charge is 2.05. The number of oxazole rings is 1. The van der Waals surface area contributed by atoms with Crippen molar-refractivity contribution in [2.75, 3.05) is 5.73 Å². The zero-order chi connectivity index (χ0) is 10.1. The Kier molecular flexibility index (Phi) is 2.29. The van der Waals surface area contributed by atoms with Crippen molar-refractivity contribution in [2.24, 2.45) is 0 Å². The predicted octanol–water partition coefficient (Wildman–Crippen LogP) is 2.99.